The molecule has 0 aliphatic heterocycles. The molecule has 194 valence electrons. The third kappa shape index (κ3) is 7.72. The zero-order chi connectivity index (χ0) is 27.3. The van der Waals surface area contributed by atoms with Crippen LogP contribution < -0.4 is 0 Å². The van der Waals surface area contributed by atoms with E-state index in [4.69, 9.17) is 20.0 Å². The summed E-state index contributed by atoms with van der Waals surface area (Å²) in [5, 5.41) is 18.2. The second kappa shape index (κ2) is 14.2. The van der Waals surface area contributed by atoms with Crippen LogP contribution in [0.25, 0.3) is 22.5 Å². The van der Waals surface area contributed by atoms with E-state index in [-0.39, 0.29) is 25.0 Å². The zero-order valence-corrected chi connectivity index (χ0v) is 21.6. The van der Waals surface area contributed by atoms with Crippen molar-refractivity contribution < 1.29 is 19.1 Å². The SMILES string of the molecule is CCC[C@H](C#N)COC(=O)c1ccc(-c2cnc(-c3ccc(C(=O)OC[C@@H](C#N)CCC)cc3)nc2)cc1. The van der Waals surface area contributed by atoms with E-state index in [1.54, 1.807) is 60.9 Å². The van der Waals surface area contributed by atoms with Crippen molar-refractivity contribution in [3.05, 3.63) is 72.1 Å². The normalized spacial score (nSPS) is 12.0. The molecule has 3 aromatic rings. The second-order valence-electron chi connectivity index (χ2n) is 8.88. The number of hydrogen-bond acceptors (Lipinski definition) is 8. The van der Waals surface area contributed by atoms with Crippen LogP contribution in [0.5, 0.6) is 0 Å². The molecular weight excluding hydrogens is 480 g/mol. The van der Waals surface area contributed by atoms with Gasteiger partial charge in [0.05, 0.1) is 35.1 Å². The van der Waals surface area contributed by atoms with E-state index in [0.717, 1.165) is 29.5 Å². The highest BCUT2D eigenvalue weighted by Gasteiger charge is 2.14. The Labute approximate surface area is 222 Å². The van der Waals surface area contributed by atoms with Crippen LogP contribution in [0.15, 0.2) is 60.9 Å². The number of aromatic nitrogens is 2. The first kappa shape index (κ1) is 28.0. The molecule has 1 heterocycles. The van der Waals surface area contributed by atoms with Crippen LogP contribution in [-0.4, -0.2) is 35.1 Å². The second-order valence-corrected chi connectivity index (χ2v) is 8.88. The molecule has 0 N–H and O–H groups in total. The van der Waals surface area contributed by atoms with Crippen molar-refractivity contribution in [2.75, 3.05) is 13.2 Å². The topological polar surface area (TPSA) is 126 Å². The molecule has 3 rings (SSSR count). The first-order valence-corrected chi connectivity index (χ1v) is 12.6. The molecule has 0 saturated carbocycles. The van der Waals surface area contributed by atoms with Gasteiger partial charge < -0.3 is 9.47 Å². The average Bonchev–Trinajstić information content (AvgIpc) is 2.97. The van der Waals surface area contributed by atoms with Crippen molar-refractivity contribution in [1.29, 1.82) is 10.5 Å². The molecule has 8 nitrogen and oxygen atoms in total. The first-order chi connectivity index (χ1) is 18.5. The summed E-state index contributed by atoms with van der Waals surface area (Å²) < 4.78 is 10.5. The lowest BCUT2D eigenvalue weighted by Gasteiger charge is -2.10. The first-order valence-electron chi connectivity index (χ1n) is 12.6. The molecule has 8 heteroatoms. The summed E-state index contributed by atoms with van der Waals surface area (Å²) in [5.74, 6) is -1.02. The van der Waals surface area contributed by atoms with Crippen LogP contribution in [-0.2, 0) is 9.47 Å². The number of nitriles is 2. The van der Waals surface area contributed by atoms with E-state index in [1.165, 1.54) is 0 Å². The summed E-state index contributed by atoms with van der Waals surface area (Å²) in [6.07, 6.45) is 6.47. The van der Waals surface area contributed by atoms with Gasteiger partial charge in [-0.15, -0.1) is 0 Å². The van der Waals surface area contributed by atoms with Crippen LogP contribution in [0, 0.1) is 34.5 Å². The number of nitrogens with zero attached hydrogens (tertiary/aromatic N) is 4. The molecule has 0 radical (unpaired) electrons. The summed E-state index contributed by atoms with van der Waals surface area (Å²) in [7, 11) is 0. The van der Waals surface area contributed by atoms with Gasteiger partial charge in [0.2, 0.25) is 0 Å². The Hall–Kier alpha value is -4.56. The molecule has 0 fully saturated rings. The third-order valence-electron chi connectivity index (χ3n) is 5.96. The lowest BCUT2D eigenvalue weighted by molar-refractivity contribution is 0.0455. The highest BCUT2D eigenvalue weighted by Crippen LogP contribution is 2.22. The van der Waals surface area contributed by atoms with Crippen LogP contribution in [0.3, 0.4) is 0 Å². The van der Waals surface area contributed by atoms with Gasteiger partial charge in [-0.3, -0.25) is 0 Å². The highest BCUT2D eigenvalue weighted by molar-refractivity contribution is 5.90. The molecular formula is C30H30N4O4. The molecule has 0 aliphatic rings. The summed E-state index contributed by atoms with van der Waals surface area (Å²) >= 11 is 0. The molecule has 0 bridgehead atoms. The van der Waals surface area contributed by atoms with Gasteiger partial charge in [-0.2, -0.15) is 10.5 Å². The van der Waals surface area contributed by atoms with Gasteiger partial charge in [-0.05, 0) is 42.7 Å². The Morgan fingerprint density at radius 3 is 1.53 bits per heavy atom. The van der Waals surface area contributed by atoms with Crippen molar-refractivity contribution in [2.45, 2.75) is 39.5 Å². The minimum Gasteiger partial charge on any atom is -0.461 e. The Morgan fingerprint density at radius 2 is 1.13 bits per heavy atom. The van der Waals surface area contributed by atoms with E-state index in [0.29, 0.717) is 29.8 Å². The number of rotatable bonds is 12. The summed E-state index contributed by atoms with van der Waals surface area (Å²) in [6.45, 7) is 4.14. The van der Waals surface area contributed by atoms with Crippen molar-refractivity contribution in [3.8, 4) is 34.7 Å². The number of esters is 2. The van der Waals surface area contributed by atoms with Crippen LogP contribution in [0.2, 0.25) is 0 Å². The van der Waals surface area contributed by atoms with E-state index in [1.807, 2.05) is 13.8 Å². The van der Waals surface area contributed by atoms with Crippen LogP contribution >= 0.6 is 0 Å². The maximum absolute atomic E-state index is 12.3. The molecule has 0 saturated heterocycles. The van der Waals surface area contributed by atoms with Crippen molar-refractivity contribution in [1.82, 2.24) is 9.97 Å². The maximum Gasteiger partial charge on any atom is 0.338 e. The zero-order valence-electron chi connectivity index (χ0n) is 21.6. The standard InChI is InChI=1S/C30H30N4O4/c1-3-5-21(15-31)19-37-29(35)25-11-7-23(8-12-25)27-17-33-28(34-18-27)24-9-13-26(14-10-24)30(36)38-20-22(16-32)6-4-2/h7-14,17-18,21-22H,3-6,19-20H2,1-2H3/t21-,22-/m1/s1. The van der Waals surface area contributed by atoms with Crippen LogP contribution in [0.1, 0.15) is 60.2 Å². The Morgan fingerprint density at radius 1 is 0.711 bits per heavy atom. The van der Waals surface area contributed by atoms with E-state index in [2.05, 4.69) is 22.1 Å². The number of hydrogen-bond donors (Lipinski definition) is 0. The highest BCUT2D eigenvalue weighted by atomic mass is 16.5. The maximum atomic E-state index is 12.3. The van der Waals surface area contributed by atoms with Gasteiger partial charge in [0.25, 0.3) is 0 Å². The molecule has 1 aromatic heterocycles. The van der Waals surface area contributed by atoms with Gasteiger partial charge in [-0.25, -0.2) is 19.6 Å². The fraction of sp³-hybridized carbons (Fsp3) is 0.333. The predicted molar refractivity (Wildman–Crippen MR) is 141 cm³/mol. The number of carbonyl (C=O) groups excluding carboxylic acids is 2. The Bertz CT molecular complexity index is 1190. The number of benzene rings is 2. The molecule has 0 aliphatic carbocycles. The monoisotopic (exact) mass is 510 g/mol. The Balaban J connectivity index is 1.59. The Kier molecular flexibility index (Phi) is 10.5. The molecule has 2 atom stereocenters. The van der Waals surface area contributed by atoms with Gasteiger partial charge >= 0.3 is 11.9 Å². The van der Waals surface area contributed by atoms with Gasteiger partial charge in [0.15, 0.2) is 5.82 Å². The third-order valence-corrected chi connectivity index (χ3v) is 5.96. The fourth-order valence-electron chi connectivity index (χ4n) is 3.77. The molecule has 0 amide bonds. The van der Waals surface area contributed by atoms with E-state index >= 15 is 0 Å². The molecule has 0 spiro atoms. The molecule has 38 heavy (non-hydrogen) atoms. The fourth-order valence-corrected chi connectivity index (χ4v) is 3.77. The summed E-state index contributed by atoms with van der Waals surface area (Å²) in [4.78, 5) is 33.5. The minimum atomic E-state index is -0.470. The largest absolute Gasteiger partial charge is 0.461 e. The van der Waals surface area contributed by atoms with Crippen LogP contribution in [0.4, 0.5) is 0 Å². The predicted octanol–water partition coefficient (Wildman–Crippen LogP) is 6.00. The average molecular weight is 511 g/mol. The lowest BCUT2D eigenvalue weighted by atomic mass is 10.1. The van der Waals surface area contributed by atoms with Crippen molar-refractivity contribution in [3.63, 3.8) is 0 Å². The number of carbonyl (C=O) groups is 2. The van der Waals surface area contributed by atoms with Gasteiger partial charge in [-0.1, -0.05) is 51.0 Å². The number of ether oxygens (including phenoxy) is 2. The van der Waals surface area contributed by atoms with Crippen molar-refractivity contribution >= 4 is 11.9 Å². The molecule has 0 unspecified atom stereocenters. The minimum absolute atomic E-state index is 0.0816. The van der Waals surface area contributed by atoms with Crippen molar-refractivity contribution in [2.24, 2.45) is 11.8 Å². The summed E-state index contributed by atoms with van der Waals surface area (Å²) in [6, 6.07) is 18.0. The lowest BCUT2D eigenvalue weighted by Crippen LogP contribution is -2.13. The summed E-state index contributed by atoms with van der Waals surface area (Å²) in [5.41, 5.74) is 3.16. The quantitative estimate of drug-likeness (QED) is 0.271. The van der Waals surface area contributed by atoms with E-state index in [9.17, 15) is 9.59 Å². The van der Waals surface area contributed by atoms with E-state index < -0.39 is 11.9 Å². The molecule has 2 aromatic carbocycles. The smallest absolute Gasteiger partial charge is 0.338 e. The van der Waals surface area contributed by atoms with Gasteiger partial charge in [0, 0.05) is 23.5 Å². The van der Waals surface area contributed by atoms with Gasteiger partial charge in [0.1, 0.15) is 13.2 Å².